The summed E-state index contributed by atoms with van der Waals surface area (Å²) >= 11 is 0. The summed E-state index contributed by atoms with van der Waals surface area (Å²) in [4.78, 5) is 18.4. The van der Waals surface area contributed by atoms with E-state index < -0.39 is 46.4 Å². The minimum atomic E-state index is -4.74. The molecule has 1 aromatic carbocycles. The molecule has 1 N–H and O–H groups in total. The summed E-state index contributed by atoms with van der Waals surface area (Å²) in [6.07, 6.45) is -2.16. The molecule has 3 rings (SSSR count). The maximum Gasteiger partial charge on any atom is 0.434 e. The Morgan fingerprint density at radius 1 is 1.22 bits per heavy atom. The van der Waals surface area contributed by atoms with Gasteiger partial charge in [0.25, 0.3) is 10.1 Å². The molecule has 1 atom stereocenters. The van der Waals surface area contributed by atoms with E-state index in [4.69, 9.17) is 4.18 Å². The predicted octanol–water partition coefficient (Wildman–Crippen LogP) is 3.15. The van der Waals surface area contributed by atoms with E-state index in [0.717, 1.165) is 10.8 Å². The topological polar surface area (TPSA) is 111 Å². The van der Waals surface area contributed by atoms with Gasteiger partial charge in [-0.25, -0.2) is 14.1 Å². The number of nitrogens with zero attached hydrogens (tertiary/aromatic N) is 5. The first-order valence-corrected chi connectivity index (χ1v) is 12.3. The van der Waals surface area contributed by atoms with Gasteiger partial charge in [0.2, 0.25) is 5.91 Å². The highest BCUT2D eigenvalue weighted by Gasteiger charge is 2.36. The van der Waals surface area contributed by atoms with Gasteiger partial charge in [-0.15, -0.1) is 0 Å². The van der Waals surface area contributed by atoms with Gasteiger partial charge >= 0.3 is 6.18 Å². The Hall–Kier alpha value is -3.46. The normalized spacial score (nSPS) is 13.0. The number of halogens is 4. The third kappa shape index (κ3) is 6.40. The first kappa shape index (κ1) is 27.1. The van der Waals surface area contributed by atoms with Crippen LogP contribution in [0.3, 0.4) is 0 Å². The molecule has 0 saturated heterocycles. The Labute approximate surface area is 204 Å². The molecule has 10 nitrogen and oxygen atoms in total. The largest absolute Gasteiger partial charge is 0.434 e. The standard InChI is InChI=1S/C21H24F4N6O4S/c1-13-27-18(21(23,24)25)12-30(13)17(9-10-35-36(4,33)34)19(32)28-16-11-26-31(20(16)29(2)3)15-7-5-14(22)6-8-15/h5-8,11-12,17H,9-10H2,1-4H3,(H,28,32). The van der Waals surface area contributed by atoms with Crippen molar-refractivity contribution < 1.29 is 35.0 Å². The lowest BCUT2D eigenvalue weighted by Crippen LogP contribution is -2.28. The molecule has 0 bridgehead atoms. The summed E-state index contributed by atoms with van der Waals surface area (Å²) in [6.45, 7) is 0.843. The molecule has 2 heterocycles. The highest BCUT2D eigenvalue weighted by molar-refractivity contribution is 7.85. The molecule has 36 heavy (non-hydrogen) atoms. The third-order valence-corrected chi connectivity index (χ3v) is 5.63. The average Bonchev–Trinajstić information content (AvgIpc) is 3.34. The Morgan fingerprint density at radius 3 is 2.39 bits per heavy atom. The zero-order valence-electron chi connectivity index (χ0n) is 19.7. The Kier molecular flexibility index (Phi) is 7.73. The molecular formula is C21H24F4N6O4S. The van der Waals surface area contributed by atoms with Gasteiger partial charge in [-0.1, -0.05) is 0 Å². The summed E-state index contributed by atoms with van der Waals surface area (Å²) in [6, 6.07) is 4.16. The molecule has 1 amide bonds. The van der Waals surface area contributed by atoms with Crippen LogP contribution in [-0.2, 0) is 25.3 Å². The van der Waals surface area contributed by atoms with Crippen molar-refractivity contribution in [1.82, 2.24) is 19.3 Å². The zero-order valence-corrected chi connectivity index (χ0v) is 20.6. The lowest BCUT2D eigenvalue weighted by molar-refractivity contribution is -0.141. The molecule has 0 saturated carbocycles. The molecule has 2 aromatic heterocycles. The third-order valence-electron chi connectivity index (χ3n) is 5.03. The van der Waals surface area contributed by atoms with Crippen molar-refractivity contribution in [3.63, 3.8) is 0 Å². The van der Waals surface area contributed by atoms with Crippen LogP contribution >= 0.6 is 0 Å². The lowest BCUT2D eigenvalue weighted by Gasteiger charge is -2.21. The molecule has 0 radical (unpaired) electrons. The number of carbonyl (C=O) groups is 1. The first-order chi connectivity index (χ1) is 16.7. The molecule has 0 aliphatic rings. The zero-order chi connectivity index (χ0) is 26.8. The van der Waals surface area contributed by atoms with Crippen LogP contribution in [0.25, 0.3) is 5.69 Å². The van der Waals surface area contributed by atoms with Crippen LogP contribution in [0.2, 0.25) is 0 Å². The molecule has 0 aliphatic heterocycles. The number of aryl methyl sites for hydroxylation is 1. The quantitative estimate of drug-likeness (QED) is 0.333. The number of carbonyl (C=O) groups excluding carboxylic acids is 1. The van der Waals surface area contributed by atoms with Crippen LogP contribution in [0.15, 0.2) is 36.7 Å². The SMILES string of the molecule is Cc1nc(C(F)(F)F)cn1C(CCOS(C)(=O)=O)C(=O)Nc1cnn(-c2ccc(F)cc2)c1N(C)C. The van der Waals surface area contributed by atoms with Crippen molar-refractivity contribution in [3.8, 4) is 5.69 Å². The van der Waals surface area contributed by atoms with Gasteiger partial charge in [0.1, 0.15) is 23.4 Å². The summed E-state index contributed by atoms with van der Waals surface area (Å²) in [5.74, 6) is -0.891. The van der Waals surface area contributed by atoms with Gasteiger partial charge in [0.15, 0.2) is 11.5 Å². The fraction of sp³-hybridized carbons (Fsp3) is 0.381. The lowest BCUT2D eigenvalue weighted by atomic mass is 10.2. The van der Waals surface area contributed by atoms with Crippen LogP contribution in [0.1, 0.15) is 24.0 Å². The van der Waals surface area contributed by atoms with E-state index >= 15 is 0 Å². The number of nitrogens with one attached hydrogen (secondary N) is 1. The first-order valence-electron chi connectivity index (χ1n) is 10.5. The molecule has 0 spiro atoms. The summed E-state index contributed by atoms with van der Waals surface area (Å²) in [5, 5.41) is 6.88. The Morgan fingerprint density at radius 2 is 1.86 bits per heavy atom. The van der Waals surface area contributed by atoms with Crippen molar-refractivity contribution in [1.29, 1.82) is 0 Å². The molecule has 0 aliphatic carbocycles. The summed E-state index contributed by atoms with van der Waals surface area (Å²) < 4.78 is 82.9. The molecular weight excluding hydrogens is 508 g/mol. The highest BCUT2D eigenvalue weighted by atomic mass is 32.2. The number of rotatable bonds is 9. The molecule has 3 aromatic rings. The summed E-state index contributed by atoms with van der Waals surface area (Å²) in [7, 11) is -0.486. The molecule has 196 valence electrons. The number of benzene rings is 1. The van der Waals surface area contributed by atoms with Crippen molar-refractivity contribution >= 4 is 27.5 Å². The predicted molar refractivity (Wildman–Crippen MR) is 123 cm³/mol. The van der Waals surface area contributed by atoms with E-state index in [2.05, 4.69) is 15.4 Å². The molecule has 1 unspecified atom stereocenters. The van der Waals surface area contributed by atoms with Gasteiger partial charge in [-0.3, -0.25) is 8.98 Å². The smallest absolute Gasteiger partial charge is 0.361 e. The number of amides is 1. The number of anilines is 2. The van der Waals surface area contributed by atoms with E-state index in [1.807, 2.05) is 0 Å². The number of alkyl halides is 3. The molecule has 0 fully saturated rings. The Balaban J connectivity index is 1.96. The van der Waals surface area contributed by atoms with E-state index in [-0.39, 0.29) is 17.9 Å². The molecule has 15 heteroatoms. The van der Waals surface area contributed by atoms with E-state index in [1.54, 1.807) is 19.0 Å². The van der Waals surface area contributed by atoms with Crippen LogP contribution in [0.4, 0.5) is 29.1 Å². The van der Waals surface area contributed by atoms with Gasteiger partial charge in [-0.05, 0) is 31.2 Å². The minimum absolute atomic E-state index is 0.100. The van der Waals surface area contributed by atoms with Gasteiger partial charge in [-0.2, -0.15) is 26.7 Å². The van der Waals surface area contributed by atoms with Crippen LogP contribution in [0, 0.1) is 12.7 Å². The van der Waals surface area contributed by atoms with Crippen LogP contribution in [0.5, 0.6) is 0 Å². The van der Waals surface area contributed by atoms with E-state index in [1.165, 1.54) is 42.1 Å². The van der Waals surface area contributed by atoms with Crippen molar-refractivity contribution in [2.45, 2.75) is 25.6 Å². The number of aromatic nitrogens is 4. The van der Waals surface area contributed by atoms with E-state index in [9.17, 15) is 30.8 Å². The second-order valence-electron chi connectivity index (χ2n) is 8.06. The fourth-order valence-electron chi connectivity index (χ4n) is 3.49. The average molecular weight is 533 g/mol. The van der Waals surface area contributed by atoms with Crippen molar-refractivity contribution in [2.75, 3.05) is 37.2 Å². The second-order valence-corrected chi connectivity index (χ2v) is 9.71. The van der Waals surface area contributed by atoms with E-state index in [0.29, 0.717) is 17.7 Å². The second kappa shape index (κ2) is 10.3. The van der Waals surface area contributed by atoms with Crippen LogP contribution in [-0.4, -0.2) is 60.6 Å². The monoisotopic (exact) mass is 532 g/mol. The van der Waals surface area contributed by atoms with Crippen molar-refractivity contribution in [2.24, 2.45) is 0 Å². The summed E-state index contributed by atoms with van der Waals surface area (Å²) in [5.41, 5.74) is -0.476. The van der Waals surface area contributed by atoms with Gasteiger partial charge < -0.3 is 14.8 Å². The number of imidazole rings is 1. The highest BCUT2D eigenvalue weighted by Crippen LogP contribution is 2.32. The van der Waals surface area contributed by atoms with Gasteiger partial charge in [0, 0.05) is 26.7 Å². The van der Waals surface area contributed by atoms with Crippen LogP contribution < -0.4 is 10.2 Å². The number of hydrogen-bond donors (Lipinski definition) is 1. The minimum Gasteiger partial charge on any atom is -0.361 e. The maximum absolute atomic E-state index is 13.3. The Bertz CT molecular complexity index is 1330. The number of hydrogen-bond acceptors (Lipinski definition) is 7. The van der Waals surface area contributed by atoms with Gasteiger partial charge in [0.05, 0.1) is 24.7 Å². The maximum atomic E-state index is 13.3. The fourth-order valence-corrected chi connectivity index (χ4v) is 3.89. The van der Waals surface area contributed by atoms with Crippen molar-refractivity contribution in [3.05, 3.63) is 54.0 Å².